The van der Waals surface area contributed by atoms with E-state index in [1.165, 1.54) is 7.05 Å². The Morgan fingerprint density at radius 1 is 1.03 bits per heavy atom. The molecule has 0 saturated carbocycles. The van der Waals surface area contributed by atoms with E-state index in [-0.39, 0.29) is 17.5 Å². The van der Waals surface area contributed by atoms with Gasteiger partial charge in [0, 0.05) is 29.1 Å². The van der Waals surface area contributed by atoms with Crippen LogP contribution in [0.25, 0.3) is 5.69 Å². The molecule has 3 aromatic rings. The Balaban J connectivity index is 1.76. The minimum Gasteiger partial charge on any atom is -0.332 e. The van der Waals surface area contributed by atoms with Crippen molar-refractivity contribution in [1.82, 2.24) is 14.7 Å². The minimum absolute atomic E-state index is 0.0459. The van der Waals surface area contributed by atoms with E-state index < -0.39 is 23.6 Å². The molecule has 1 aromatic heterocycles. The van der Waals surface area contributed by atoms with Crippen molar-refractivity contribution in [1.29, 1.82) is 0 Å². The first-order valence-electron chi connectivity index (χ1n) is 10.3. The number of benzene rings is 2. The van der Waals surface area contributed by atoms with E-state index in [9.17, 15) is 22.8 Å². The van der Waals surface area contributed by atoms with Crippen LogP contribution < -0.4 is 5.32 Å². The predicted molar refractivity (Wildman–Crippen MR) is 124 cm³/mol. The highest BCUT2D eigenvalue weighted by Gasteiger charge is 2.30. The number of rotatable bonds is 5. The van der Waals surface area contributed by atoms with Crippen LogP contribution in [0.1, 0.15) is 42.4 Å². The van der Waals surface area contributed by atoms with Gasteiger partial charge in [0.15, 0.2) is 0 Å². The lowest BCUT2D eigenvalue weighted by atomic mass is 9.92. The molecule has 0 spiro atoms. The van der Waals surface area contributed by atoms with E-state index >= 15 is 0 Å². The highest BCUT2D eigenvalue weighted by Crippen LogP contribution is 2.29. The molecule has 0 aliphatic heterocycles. The van der Waals surface area contributed by atoms with Crippen LogP contribution in [-0.2, 0) is 16.4 Å². The molecule has 0 fully saturated rings. The van der Waals surface area contributed by atoms with E-state index in [2.05, 4.69) is 10.4 Å². The molecule has 34 heavy (non-hydrogen) atoms. The number of carbonyl (C=O) groups excluding carboxylic acids is 2. The first-order valence-corrected chi connectivity index (χ1v) is 10.7. The lowest BCUT2D eigenvalue weighted by Gasteiger charge is -2.17. The highest BCUT2D eigenvalue weighted by atomic mass is 35.5. The second-order valence-electron chi connectivity index (χ2n) is 8.84. The third-order valence-corrected chi connectivity index (χ3v) is 5.26. The highest BCUT2D eigenvalue weighted by molar-refractivity contribution is 6.30. The normalized spacial score (nSPS) is 11.9. The number of alkyl halides is 3. The van der Waals surface area contributed by atoms with E-state index in [4.69, 9.17) is 11.6 Å². The fourth-order valence-electron chi connectivity index (χ4n) is 3.11. The summed E-state index contributed by atoms with van der Waals surface area (Å²) in [6.45, 7) is 5.66. The Bertz CT molecular complexity index is 1180. The van der Waals surface area contributed by atoms with E-state index in [1.54, 1.807) is 35.0 Å². The Morgan fingerprint density at radius 2 is 1.62 bits per heavy atom. The van der Waals surface area contributed by atoms with Crippen LogP contribution in [0.5, 0.6) is 0 Å². The van der Waals surface area contributed by atoms with Crippen LogP contribution in [0.15, 0.2) is 54.6 Å². The summed E-state index contributed by atoms with van der Waals surface area (Å²) in [7, 11) is 1.40. The van der Waals surface area contributed by atoms with Crippen molar-refractivity contribution >= 4 is 29.2 Å². The zero-order chi connectivity index (χ0) is 25.3. The molecule has 0 radical (unpaired) electrons. The predicted octanol–water partition coefficient (Wildman–Crippen LogP) is 5.55. The topological polar surface area (TPSA) is 67.2 Å². The van der Waals surface area contributed by atoms with E-state index in [0.717, 1.165) is 34.9 Å². The van der Waals surface area contributed by atoms with Gasteiger partial charge in [-0.2, -0.15) is 18.3 Å². The second-order valence-corrected chi connectivity index (χ2v) is 9.27. The van der Waals surface area contributed by atoms with Crippen LogP contribution in [-0.4, -0.2) is 40.1 Å². The van der Waals surface area contributed by atoms with Gasteiger partial charge in [-0.05, 0) is 48.5 Å². The van der Waals surface area contributed by atoms with Crippen molar-refractivity contribution < 1.29 is 22.8 Å². The number of hydrogen-bond acceptors (Lipinski definition) is 3. The summed E-state index contributed by atoms with van der Waals surface area (Å²) in [5.41, 5.74) is 0.336. The molecule has 6 nitrogen and oxygen atoms in total. The van der Waals surface area contributed by atoms with Crippen molar-refractivity contribution in [2.75, 3.05) is 18.9 Å². The van der Waals surface area contributed by atoms with Crippen LogP contribution in [0, 0.1) is 0 Å². The Morgan fingerprint density at radius 3 is 2.15 bits per heavy atom. The van der Waals surface area contributed by atoms with Crippen molar-refractivity contribution in [2.24, 2.45) is 0 Å². The number of hydrogen-bond donors (Lipinski definition) is 1. The number of amides is 2. The van der Waals surface area contributed by atoms with Gasteiger partial charge in [-0.15, -0.1) is 0 Å². The van der Waals surface area contributed by atoms with Gasteiger partial charge in [0.05, 0.1) is 23.5 Å². The number of nitrogens with one attached hydrogen (secondary N) is 1. The molecule has 0 aliphatic carbocycles. The molecule has 2 amide bonds. The number of anilines is 1. The summed E-state index contributed by atoms with van der Waals surface area (Å²) < 4.78 is 39.8. The van der Waals surface area contributed by atoms with Crippen molar-refractivity contribution in [2.45, 2.75) is 32.4 Å². The maximum absolute atomic E-state index is 12.7. The fourth-order valence-corrected chi connectivity index (χ4v) is 3.23. The maximum atomic E-state index is 12.7. The summed E-state index contributed by atoms with van der Waals surface area (Å²) in [6.07, 6.45) is -4.49. The zero-order valence-corrected chi connectivity index (χ0v) is 19.8. The van der Waals surface area contributed by atoms with Gasteiger partial charge < -0.3 is 10.2 Å². The Hall–Kier alpha value is -3.33. The molecule has 0 aliphatic rings. The van der Waals surface area contributed by atoms with Crippen molar-refractivity contribution in [3.63, 3.8) is 0 Å². The molecule has 0 atom stereocenters. The smallest absolute Gasteiger partial charge is 0.332 e. The van der Waals surface area contributed by atoms with E-state index in [0.29, 0.717) is 16.5 Å². The lowest BCUT2D eigenvalue weighted by molar-refractivity contribution is -0.137. The van der Waals surface area contributed by atoms with Gasteiger partial charge in [-0.25, -0.2) is 4.68 Å². The zero-order valence-electron chi connectivity index (χ0n) is 19.1. The average Bonchev–Trinajstić information content (AvgIpc) is 3.17. The third-order valence-electron chi connectivity index (χ3n) is 5.00. The monoisotopic (exact) mass is 492 g/mol. The Labute approximate surface area is 200 Å². The van der Waals surface area contributed by atoms with Crippen molar-refractivity contribution in [3.05, 3.63) is 76.4 Å². The lowest BCUT2D eigenvalue weighted by Crippen LogP contribution is -2.35. The molecular formula is C24H24ClF3N4O2. The molecule has 180 valence electrons. The van der Waals surface area contributed by atoms with Gasteiger partial charge in [-0.3, -0.25) is 9.59 Å². The molecular weight excluding hydrogens is 469 g/mol. The quantitative estimate of drug-likeness (QED) is 0.507. The number of likely N-dealkylation sites (N-methyl/N-ethyl adjacent to an activating group) is 1. The van der Waals surface area contributed by atoms with Crippen LogP contribution in [0.2, 0.25) is 5.02 Å². The molecule has 1 N–H and O–H groups in total. The molecule has 2 aromatic carbocycles. The largest absolute Gasteiger partial charge is 0.416 e. The fraction of sp³-hybridized carbons (Fsp3) is 0.292. The van der Waals surface area contributed by atoms with Gasteiger partial charge in [0.25, 0.3) is 5.91 Å². The molecule has 0 unspecified atom stereocenters. The van der Waals surface area contributed by atoms with Gasteiger partial charge in [0.1, 0.15) is 5.82 Å². The molecule has 10 heteroatoms. The standard InChI is InChI=1S/C24H24ClF3N4O2/c1-23(2,3)19-13-20(32(30-19)18-11-9-17(25)10-12-18)29-21(33)14-31(4)22(34)15-5-7-16(8-6-15)24(26,27)28/h5-13H,14H2,1-4H3,(H,29,33). The summed E-state index contributed by atoms with van der Waals surface area (Å²) in [5.74, 6) is -0.656. The van der Waals surface area contributed by atoms with Gasteiger partial charge in [-0.1, -0.05) is 32.4 Å². The SMILES string of the molecule is CN(CC(=O)Nc1cc(C(C)(C)C)nn1-c1ccc(Cl)cc1)C(=O)c1ccc(C(F)(F)F)cc1. The first-order chi connectivity index (χ1) is 15.8. The summed E-state index contributed by atoms with van der Waals surface area (Å²) in [6, 6.07) is 12.5. The maximum Gasteiger partial charge on any atom is 0.416 e. The Kier molecular flexibility index (Phi) is 7.07. The van der Waals surface area contributed by atoms with Crippen LogP contribution >= 0.6 is 11.6 Å². The first kappa shape index (κ1) is 25.3. The molecule has 1 heterocycles. The average molecular weight is 493 g/mol. The van der Waals surface area contributed by atoms with Crippen LogP contribution in [0.3, 0.4) is 0 Å². The summed E-state index contributed by atoms with van der Waals surface area (Å²) in [4.78, 5) is 26.4. The van der Waals surface area contributed by atoms with Gasteiger partial charge >= 0.3 is 6.18 Å². The number of aromatic nitrogens is 2. The summed E-state index contributed by atoms with van der Waals surface area (Å²) >= 11 is 5.98. The third kappa shape index (κ3) is 5.96. The second kappa shape index (κ2) is 9.50. The number of nitrogens with zero attached hydrogens (tertiary/aromatic N) is 3. The number of halogens is 4. The molecule has 3 rings (SSSR count). The number of carbonyl (C=O) groups is 2. The minimum atomic E-state index is -4.49. The van der Waals surface area contributed by atoms with E-state index in [1.807, 2.05) is 20.8 Å². The van der Waals surface area contributed by atoms with Crippen LogP contribution in [0.4, 0.5) is 19.0 Å². The molecule has 0 saturated heterocycles. The summed E-state index contributed by atoms with van der Waals surface area (Å²) in [5, 5.41) is 7.94. The molecule has 0 bridgehead atoms. The van der Waals surface area contributed by atoms with Crippen molar-refractivity contribution in [3.8, 4) is 5.69 Å². The van der Waals surface area contributed by atoms with Gasteiger partial charge in [0.2, 0.25) is 5.91 Å².